The summed E-state index contributed by atoms with van der Waals surface area (Å²) in [6, 6.07) is 10.4. The third-order valence-corrected chi connectivity index (χ3v) is 9.30. The lowest BCUT2D eigenvalue weighted by molar-refractivity contribution is -0.179. The van der Waals surface area contributed by atoms with E-state index in [2.05, 4.69) is 20.9 Å². The summed E-state index contributed by atoms with van der Waals surface area (Å²) in [6.45, 7) is 5.69. The molecular formula is C33H33Cl3F4N6O2. The average Bonchev–Trinajstić information content (AvgIpc) is 3.32. The van der Waals surface area contributed by atoms with E-state index in [1.807, 2.05) is 0 Å². The summed E-state index contributed by atoms with van der Waals surface area (Å²) in [4.78, 5) is 32.5. The van der Waals surface area contributed by atoms with Crippen LogP contribution < -0.4 is 20.9 Å². The van der Waals surface area contributed by atoms with Crippen LogP contribution in [0.3, 0.4) is 0 Å². The van der Waals surface area contributed by atoms with Crippen molar-refractivity contribution in [3.05, 3.63) is 74.5 Å². The highest BCUT2D eigenvalue weighted by Crippen LogP contribution is 2.39. The van der Waals surface area contributed by atoms with E-state index in [4.69, 9.17) is 34.8 Å². The maximum Gasteiger partial charge on any atom is 0.391 e. The van der Waals surface area contributed by atoms with Crippen molar-refractivity contribution in [2.75, 3.05) is 28.6 Å². The van der Waals surface area contributed by atoms with E-state index in [1.165, 1.54) is 18.2 Å². The number of rotatable bonds is 7. The van der Waals surface area contributed by atoms with Crippen LogP contribution in [0.5, 0.6) is 0 Å². The van der Waals surface area contributed by atoms with E-state index in [0.717, 1.165) is 6.07 Å². The molecule has 4 aromatic rings. The standard InChI is InChI=1S/C33H33Cl3F4N6O2/c1-32(2,3)30(48)41-16-17-5-7-22(35)28(27(17)36)44-31-43-24-14-20(29(47)42-19-6-8-21(34)23(37)13-19)25(15-26(24)45(31)4)46-11-9-18(10-12-46)33(38,39)40/h5-8,13-15,18H,9-12,16H2,1-4H3,(H,41,48)(H,42,47)(H,43,44). The third-order valence-electron chi connectivity index (χ3n) is 8.25. The zero-order valence-corrected chi connectivity index (χ0v) is 28.7. The van der Waals surface area contributed by atoms with Crippen molar-refractivity contribution >= 4 is 80.7 Å². The topological polar surface area (TPSA) is 91.3 Å². The molecule has 2 heterocycles. The van der Waals surface area contributed by atoms with Gasteiger partial charge in [0.2, 0.25) is 11.9 Å². The number of hydrogen-bond donors (Lipinski definition) is 3. The number of carbonyl (C=O) groups excluding carboxylic acids is 2. The Morgan fingerprint density at radius 2 is 1.65 bits per heavy atom. The number of imidazole rings is 1. The number of aromatic nitrogens is 2. The second-order valence-electron chi connectivity index (χ2n) is 12.7. The van der Waals surface area contributed by atoms with Gasteiger partial charge in [-0.1, -0.05) is 61.6 Å². The van der Waals surface area contributed by atoms with Crippen molar-refractivity contribution in [1.29, 1.82) is 0 Å². The number of fused-ring (bicyclic) bond motifs is 1. The zero-order chi connectivity index (χ0) is 35.1. The Morgan fingerprint density at radius 1 is 0.979 bits per heavy atom. The summed E-state index contributed by atoms with van der Waals surface area (Å²) in [5.41, 5.74) is 2.01. The van der Waals surface area contributed by atoms with E-state index < -0.39 is 29.2 Å². The highest BCUT2D eigenvalue weighted by molar-refractivity contribution is 6.39. The Kier molecular flexibility index (Phi) is 10.1. The normalized spacial score (nSPS) is 14.4. The Morgan fingerprint density at radius 3 is 2.27 bits per heavy atom. The maximum absolute atomic E-state index is 14.1. The van der Waals surface area contributed by atoms with E-state index in [9.17, 15) is 27.2 Å². The number of anilines is 4. The molecule has 1 aromatic heterocycles. The molecule has 1 saturated heterocycles. The fourth-order valence-electron chi connectivity index (χ4n) is 5.40. The molecule has 0 spiro atoms. The Balaban J connectivity index is 1.51. The van der Waals surface area contributed by atoms with Crippen LogP contribution in [0.15, 0.2) is 42.5 Å². The summed E-state index contributed by atoms with van der Waals surface area (Å²) < 4.78 is 56.2. The molecule has 0 bridgehead atoms. The summed E-state index contributed by atoms with van der Waals surface area (Å²) in [5.74, 6) is -2.62. The Hall–Kier alpha value is -3.74. The predicted octanol–water partition coefficient (Wildman–Crippen LogP) is 9.11. The van der Waals surface area contributed by atoms with Crippen molar-refractivity contribution < 1.29 is 27.2 Å². The number of aryl methyl sites for hydroxylation is 1. The number of carbonyl (C=O) groups is 2. The average molecular weight is 728 g/mol. The molecule has 0 saturated carbocycles. The van der Waals surface area contributed by atoms with Crippen LogP contribution in [-0.2, 0) is 18.4 Å². The molecule has 1 aliphatic rings. The molecule has 0 unspecified atom stereocenters. The van der Waals surface area contributed by atoms with E-state index in [0.29, 0.717) is 38.9 Å². The molecule has 48 heavy (non-hydrogen) atoms. The first-order valence-corrected chi connectivity index (χ1v) is 16.2. The van der Waals surface area contributed by atoms with Gasteiger partial charge in [-0.2, -0.15) is 13.2 Å². The lowest BCUT2D eigenvalue weighted by atomic mass is 9.95. The summed E-state index contributed by atoms with van der Waals surface area (Å²) in [6.07, 6.45) is -4.57. The van der Waals surface area contributed by atoms with Gasteiger partial charge < -0.3 is 25.4 Å². The highest BCUT2D eigenvalue weighted by Gasteiger charge is 2.41. The molecule has 5 rings (SSSR count). The quantitative estimate of drug-likeness (QED) is 0.165. The van der Waals surface area contributed by atoms with Crippen LogP contribution in [0.1, 0.15) is 49.5 Å². The van der Waals surface area contributed by atoms with Gasteiger partial charge in [-0.05, 0) is 54.8 Å². The SMILES string of the molecule is Cn1c(Nc2c(Cl)ccc(CNC(=O)C(C)(C)C)c2Cl)nc2cc(C(=O)Nc3ccc(Cl)c(F)c3)c(N3CCC(C(F)(F)F)CC3)cc21. The van der Waals surface area contributed by atoms with Gasteiger partial charge in [0.1, 0.15) is 5.82 Å². The molecule has 0 atom stereocenters. The fourth-order valence-corrected chi connectivity index (χ4v) is 6.05. The minimum atomic E-state index is -4.31. The van der Waals surface area contributed by atoms with Crippen molar-refractivity contribution in [2.45, 2.75) is 46.3 Å². The highest BCUT2D eigenvalue weighted by atomic mass is 35.5. The minimum absolute atomic E-state index is 0.0677. The Labute approximate surface area is 289 Å². The smallest absolute Gasteiger partial charge is 0.371 e. The molecule has 3 aromatic carbocycles. The molecule has 0 aliphatic carbocycles. The van der Waals surface area contributed by atoms with Crippen LogP contribution >= 0.6 is 34.8 Å². The predicted molar refractivity (Wildman–Crippen MR) is 182 cm³/mol. The van der Waals surface area contributed by atoms with E-state index in [-0.39, 0.29) is 59.7 Å². The number of nitrogens with one attached hydrogen (secondary N) is 3. The maximum atomic E-state index is 14.1. The first-order valence-electron chi connectivity index (χ1n) is 15.0. The van der Waals surface area contributed by atoms with Gasteiger partial charge in [-0.25, -0.2) is 9.37 Å². The number of halogens is 7. The minimum Gasteiger partial charge on any atom is -0.371 e. The first kappa shape index (κ1) is 35.6. The summed E-state index contributed by atoms with van der Waals surface area (Å²) >= 11 is 19.1. The summed E-state index contributed by atoms with van der Waals surface area (Å²) in [5, 5.41) is 9.13. The van der Waals surface area contributed by atoms with Gasteiger partial charge in [0, 0.05) is 37.8 Å². The van der Waals surface area contributed by atoms with Crippen molar-refractivity contribution in [3.63, 3.8) is 0 Å². The van der Waals surface area contributed by atoms with Gasteiger partial charge in [-0.3, -0.25) is 9.59 Å². The van der Waals surface area contributed by atoms with Gasteiger partial charge in [0.25, 0.3) is 5.91 Å². The van der Waals surface area contributed by atoms with Gasteiger partial charge in [-0.15, -0.1) is 0 Å². The fraction of sp³-hybridized carbons (Fsp3) is 0.364. The van der Waals surface area contributed by atoms with Crippen LogP contribution in [0.4, 0.5) is 40.6 Å². The van der Waals surface area contributed by atoms with Gasteiger partial charge >= 0.3 is 6.18 Å². The molecule has 256 valence electrons. The molecule has 0 radical (unpaired) electrons. The van der Waals surface area contributed by atoms with Gasteiger partial charge in [0.15, 0.2) is 0 Å². The molecular weight excluding hydrogens is 695 g/mol. The van der Waals surface area contributed by atoms with E-state index in [1.54, 1.807) is 55.5 Å². The molecule has 1 aliphatic heterocycles. The number of amides is 2. The first-order chi connectivity index (χ1) is 22.4. The lowest BCUT2D eigenvalue weighted by Gasteiger charge is -2.35. The second kappa shape index (κ2) is 13.6. The molecule has 8 nitrogen and oxygen atoms in total. The van der Waals surface area contributed by atoms with Crippen molar-refractivity contribution in [2.24, 2.45) is 18.4 Å². The van der Waals surface area contributed by atoms with Crippen LogP contribution in [0.2, 0.25) is 15.1 Å². The van der Waals surface area contributed by atoms with E-state index >= 15 is 0 Å². The number of alkyl halides is 3. The Bertz CT molecular complexity index is 1880. The van der Waals surface area contributed by atoms with Crippen LogP contribution in [-0.4, -0.2) is 40.6 Å². The zero-order valence-electron chi connectivity index (χ0n) is 26.5. The molecule has 3 N–H and O–H groups in total. The molecule has 2 amide bonds. The van der Waals surface area contributed by atoms with Gasteiger partial charge in [0.05, 0.1) is 49.0 Å². The molecule has 15 heteroatoms. The largest absolute Gasteiger partial charge is 0.391 e. The number of piperidine rings is 1. The number of nitrogens with zero attached hydrogens (tertiary/aromatic N) is 3. The monoisotopic (exact) mass is 726 g/mol. The summed E-state index contributed by atoms with van der Waals surface area (Å²) in [7, 11) is 1.72. The molecule has 1 fully saturated rings. The lowest BCUT2D eigenvalue weighted by Crippen LogP contribution is -2.39. The second-order valence-corrected chi connectivity index (χ2v) is 13.9. The van der Waals surface area contributed by atoms with Crippen molar-refractivity contribution in [1.82, 2.24) is 14.9 Å². The van der Waals surface area contributed by atoms with Crippen molar-refractivity contribution in [3.8, 4) is 0 Å². The van der Waals surface area contributed by atoms with Crippen LogP contribution in [0.25, 0.3) is 11.0 Å². The van der Waals surface area contributed by atoms with Crippen LogP contribution in [0, 0.1) is 17.2 Å². The number of benzene rings is 3. The third kappa shape index (κ3) is 7.61. The number of hydrogen-bond acceptors (Lipinski definition) is 5.